The van der Waals surface area contributed by atoms with E-state index in [9.17, 15) is 0 Å². The lowest BCUT2D eigenvalue weighted by Crippen LogP contribution is -2.40. The first-order chi connectivity index (χ1) is 11.2. The topological polar surface area (TPSA) is 43.8 Å². The van der Waals surface area contributed by atoms with Crippen LogP contribution in [0.3, 0.4) is 0 Å². The second-order valence-electron chi connectivity index (χ2n) is 6.76. The Kier molecular flexibility index (Phi) is 7.74. The van der Waals surface area contributed by atoms with E-state index in [1.54, 1.807) is 11.3 Å². The summed E-state index contributed by atoms with van der Waals surface area (Å²) < 4.78 is 0. The standard InChI is InChI=1S/C17H29N5S.HI/c1-13-14(2)23-16(20-13)10-19-17(18-3)22-9-6-15(12-22)11-21-7-4-5-8-21;/h15H,4-12H2,1-3H3,(H,18,19);1H. The van der Waals surface area contributed by atoms with Crippen molar-refractivity contribution in [3.63, 3.8) is 0 Å². The van der Waals surface area contributed by atoms with E-state index in [4.69, 9.17) is 0 Å². The number of aryl methyl sites for hydroxylation is 2. The van der Waals surface area contributed by atoms with Gasteiger partial charge in [-0.1, -0.05) is 0 Å². The summed E-state index contributed by atoms with van der Waals surface area (Å²) in [5.41, 5.74) is 1.15. The maximum absolute atomic E-state index is 4.60. The molecule has 0 radical (unpaired) electrons. The number of rotatable bonds is 4. The van der Waals surface area contributed by atoms with Crippen LogP contribution in [-0.4, -0.2) is 60.5 Å². The van der Waals surface area contributed by atoms with Crippen LogP contribution in [0.15, 0.2) is 4.99 Å². The van der Waals surface area contributed by atoms with Gasteiger partial charge in [0.2, 0.25) is 0 Å². The molecule has 5 nitrogen and oxygen atoms in total. The van der Waals surface area contributed by atoms with E-state index in [0.29, 0.717) is 0 Å². The molecule has 7 heteroatoms. The Bertz CT molecular complexity index is 534. The van der Waals surface area contributed by atoms with Crippen LogP contribution in [0.5, 0.6) is 0 Å². The largest absolute Gasteiger partial charge is 0.350 e. The van der Waals surface area contributed by atoms with Gasteiger partial charge in [-0.05, 0) is 52.1 Å². The maximum Gasteiger partial charge on any atom is 0.194 e. The SMILES string of the molecule is CN=C(NCc1nc(C)c(C)s1)N1CCC(CN2CCCC2)C1.I. The first kappa shape index (κ1) is 19.9. The Balaban J connectivity index is 0.00000208. The average Bonchev–Trinajstić information content (AvgIpc) is 3.25. The molecule has 2 aliphatic rings. The highest BCUT2D eigenvalue weighted by Crippen LogP contribution is 2.20. The first-order valence-corrected chi connectivity index (χ1v) is 9.58. The van der Waals surface area contributed by atoms with Gasteiger partial charge in [0, 0.05) is 31.6 Å². The molecular weight excluding hydrogens is 433 g/mol. The molecule has 3 rings (SSSR count). The van der Waals surface area contributed by atoms with Crippen molar-refractivity contribution < 1.29 is 0 Å². The third kappa shape index (κ3) is 5.05. The van der Waals surface area contributed by atoms with Crippen molar-refractivity contribution in [3.05, 3.63) is 15.6 Å². The first-order valence-electron chi connectivity index (χ1n) is 8.76. The molecule has 2 fully saturated rings. The van der Waals surface area contributed by atoms with Crippen molar-refractivity contribution in [1.82, 2.24) is 20.1 Å². The van der Waals surface area contributed by atoms with Gasteiger partial charge in [-0.25, -0.2) is 4.98 Å². The van der Waals surface area contributed by atoms with Gasteiger partial charge in [-0.2, -0.15) is 0 Å². The van der Waals surface area contributed by atoms with Gasteiger partial charge in [0.1, 0.15) is 5.01 Å². The predicted octanol–water partition coefficient (Wildman–Crippen LogP) is 2.87. The molecule has 0 spiro atoms. The molecule has 1 aromatic heterocycles. The van der Waals surface area contributed by atoms with E-state index < -0.39 is 0 Å². The average molecular weight is 463 g/mol. The van der Waals surface area contributed by atoms with Crippen LogP contribution >= 0.6 is 35.3 Å². The molecule has 1 atom stereocenters. The van der Waals surface area contributed by atoms with Gasteiger partial charge in [0.15, 0.2) is 5.96 Å². The van der Waals surface area contributed by atoms with E-state index >= 15 is 0 Å². The Morgan fingerprint density at radius 1 is 1.29 bits per heavy atom. The monoisotopic (exact) mass is 463 g/mol. The lowest BCUT2D eigenvalue weighted by atomic mass is 10.1. The molecule has 0 aliphatic carbocycles. The highest BCUT2D eigenvalue weighted by molar-refractivity contribution is 14.0. The molecule has 1 aromatic rings. The maximum atomic E-state index is 4.60. The lowest BCUT2D eigenvalue weighted by molar-refractivity contribution is 0.281. The van der Waals surface area contributed by atoms with Crippen molar-refractivity contribution >= 4 is 41.3 Å². The summed E-state index contributed by atoms with van der Waals surface area (Å²) in [5, 5.41) is 4.64. The zero-order valence-electron chi connectivity index (χ0n) is 15.0. The summed E-state index contributed by atoms with van der Waals surface area (Å²) >= 11 is 1.78. The number of guanidine groups is 1. The van der Waals surface area contributed by atoms with E-state index in [1.165, 1.54) is 43.8 Å². The van der Waals surface area contributed by atoms with Gasteiger partial charge in [0.05, 0.1) is 12.2 Å². The summed E-state index contributed by atoms with van der Waals surface area (Å²) in [6.07, 6.45) is 4.05. The minimum atomic E-state index is 0. The second-order valence-corrected chi connectivity index (χ2v) is 8.05. The number of hydrogen-bond donors (Lipinski definition) is 1. The summed E-state index contributed by atoms with van der Waals surface area (Å²) in [7, 11) is 1.88. The van der Waals surface area contributed by atoms with E-state index in [2.05, 4.69) is 38.9 Å². The molecule has 2 aliphatic heterocycles. The summed E-state index contributed by atoms with van der Waals surface area (Å²) in [6, 6.07) is 0. The fraction of sp³-hybridized carbons (Fsp3) is 0.765. The van der Waals surface area contributed by atoms with Crippen LogP contribution < -0.4 is 5.32 Å². The fourth-order valence-electron chi connectivity index (χ4n) is 3.61. The minimum Gasteiger partial charge on any atom is -0.350 e. The zero-order chi connectivity index (χ0) is 16.2. The highest BCUT2D eigenvalue weighted by atomic mass is 127. The van der Waals surface area contributed by atoms with Crippen LogP contribution in [0.1, 0.15) is 34.8 Å². The van der Waals surface area contributed by atoms with Gasteiger partial charge in [0.25, 0.3) is 0 Å². The predicted molar refractivity (Wildman–Crippen MR) is 113 cm³/mol. The Morgan fingerprint density at radius 2 is 2.04 bits per heavy atom. The van der Waals surface area contributed by atoms with Crippen LogP contribution in [0.4, 0.5) is 0 Å². The van der Waals surface area contributed by atoms with Crippen molar-refractivity contribution in [2.45, 2.75) is 39.7 Å². The van der Waals surface area contributed by atoms with Gasteiger partial charge in [-0.3, -0.25) is 4.99 Å². The van der Waals surface area contributed by atoms with Gasteiger partial charge >= 0.3 is 0 Å². The third-order valence-corrected chi connectivity index (χ3v) is 6.06. The molecule has 136 valence electrons. The summed E-state index contributed by atoms with van der Waals surface area (Å²) in [4.78, 5) is 15.4. The number of nitrogens with zero attached hydrogens (tertiary/aromatic N) is 4. The molecule has 2 saturated heterocycles. The lowest BCUT2D eigenvalue weighted by Gasteiger charge is -2.23. The highest BCUT2D eigenvalue weighted by Gasteiger charge is 2.27. The van der Waals surface area contributed by atoms with Crippen molar-refractivity contribution in [3.8, 4) is 0 Å². The summed E-state index contributed by atoms with van der Waals surface area (Å²) in [6.45, 7) is 11.1. The molecule has 1 unspecified atom stereocenters. The zero-order valence-corrected chi connectivity index (χ0v) is 18.2. The number of thiazole rings is 1. The molecule has 0 bridgehead atoms. The van der Waals surface area contributed by atoms with E-state index in [1.807, 2.05) is 7.05 Å². The summed E-state index contributed by atoms with van der Waals surface area (Å²) in [5.74, 6) is 1.82. The molecule has 3 heterocycles. The fourth-order valence-corrected chi connectivity index (χ4v) is 4.48. The molecule has 1 N–H and O–H groups in total. The van der Waals surface area contributed by atoms with Crippen molar-refractivity contribution in [2.24, 2.45) is 10.9 Å². The number of nitrogens with one attached hydrogen (secondary N) is 1. The van der Waals surface area contributed by atoms with Crippen LogP contribution in [-0.2, 0) is 6.54 Å². The Labute approximate surface area is 166 Å². The van der Waals surface area contributed by atoms with Crippen molar-refractivity contribution in [2.75, 3.05) is 39.8 Å². The van der Waals surface area contributed by atoms with Crippen LogP contribution in [0.25, 0.3) is 0 Å². The molecular formula is C17H30IN5S. The van der Waals surface area contributed by atoms with Gasteiger partial charge < -0.3 is 15.1 Å². The van der Waals surface area contributed by atoms with E-state index in [0.717, 1.165) is 42.2 Å². The third-order valence-electron chi connectivity index (χ3n) is 4.98. The Morgan fingerprint density at radius 3 is 2.67 bits per heavy atom. The number of aromatic nitrogens is 1. The van der Waals surface area contributed by atoms with Crippen LogP contribution in [0, 0.1) is 19.8 Å². The van der Waals surface area contributed by atoms with E-state index in [-0.39, 0.29) is 24.0 Å². The molecule has 0 aromatic carbocycles. The second kappa shape index (κ2) is 9.33. The number of halogens is 1. The number of likely N-dealkylation sites (tertiary alicyclic amines) is 2. The van der Waals surface area contributed by atoms with Gasteiger partial charge in [-0.15, -0.1) is 35.3 Å². The molecule has 24 heavy (non-hydrogen) atoms. The molecule has 0 amide bonds. The van der Waals surface area contributed by atoms with Crippen LogP contribution in [0.2, 0.25) is 0 Å². The normalized spacial score (nSPS) is 22.0. The number of aliphatic imine (C=N–C) groups is 1. The number of hydrogen-bond acceptors (Lipinski definition) is 4. The minimum absolute atomic E-state index is 0. The molecule has 0 saturated carbocycles. The smallest absolute Gasteiger partial charge is 0.194 e. The van der Waals surface area contributed by atoms with Crippen molar-refractivity contribution in [1.29, 1.82) is 0 Å². The quantitative estimate of drug-likeness (QED) is 0.424. The Hall–Kier alpha value is -0.410.